The molecular weight excluding hydrogens is 308 g/mol. The molecule has 7 heteroatoms. The normalized spacial score (nSPS) is 19.6. The van der Waals surface area contributed by atoms with Gasteiger partial charge in [0, 0.05) is 30.9 Å². The first-order chi connectivity index (χ1) is 11.0. The zero-order chi connectivity index (χ0) is 16.0. The molecule has 0 N–H and O–H groups in total. The summed E-state index contributed by atoms with van der Waals surface area (Å²) in [6.45, 7) is 8.56. The van der Waals surface area contributed by atoms with Crippen molar-refractivity contribution in [2.45, 2.75) is 45.1 Å². The lowest BCUT2D eigenvalue weighted by Crippen LogP contribution is -2.36. The summed E-state index contributed by atoms with van der Waals surface area (Å²) in [5.41, 5.74) is 1.15. The molecule has 23 heavy (non-hydrogen) atoms. The smallest absolute Gasteiger partial charge is 0.214 e. The molecule has 0 radical (unpaired) electrons. The van der Waals surface area contributed by atoms with Gasteiger partial charge in [-0.1, -0.05) is 32.1 Å². The third-order valence-corrected chi connectivity index (χ3v) is 5.35. The maximum Gasteiger partial charge on any atom is 0.214 e. The van der Waals surface area contributed by atoms with Crippen LogP contribution < -0.4 is 4.90 Å². The van der Waals surface area contributed by atoms with Crippen molar-refractivity contribution in [3.8, 4) is 0 Å². The zero-order valence-electron chi connectivity index (χ0n) is 13.8. The van der Waals surface area contributed by atoms with Crippen LogP contribution in [-0.4, -0.2) is 37.5 Å². The molecule has 1 aliphatic heterocycles. The SMILES string of the molecule is CC(C)(C)c1cn2nc(N3CCCC(n4cccn4)C3)sc2n1. The molecule has 0 aromatic carbocycles. The van der Waals surface area contributed by atoms with Crippen LogP contribution in [0.3, 0.4) is 0 Å². The molecule has 0 amide bonds. The predicted molar refractivity (Wildman–Crippen MR) is 92.3 cm³/mol. The Hall–Kier alpha value is -1.89. The van der Waals surface area contributed by atoms with Crippen molar-refractivity contribution in [3.05, 3.63) is 30.4 Å². The van der Waals surface area contributed by atoms with Crippen LogP contribution in [0.1, 0.15) is 45.3 Å². The Bertz CT molecular complexity index is 763. The van der Waals surface area contributed by atoms with Crippen molar-refractivity contribution >= 4 is 21.4 Å². The van der Waals surface area contributed by atoms with E-state index in [4.69, 9.17) is 10.1 Å². The van der Waals surface area contributed by atoms with Gasteiger partial charge in [0.1, 0.15) is 0 Å². The second-order valence-electron chi connectivity index (χ2n) is 7.22. The Kier molecular flexibility index (Phi) is 3.41. The molecule has 0 spiro atoms. The first kappa shape index (κ1) is 14.7. The van der Waals surface area contributed by atoms with Gasteiger partial charge >= 0.3 is 0 Å². The molecule has 4 rings (SSSR count). The lowest BCUT2D eigenvalue weighted by atomic mass is 9.93. The quantitative estimate of drug-likeness (QED) is 0.724. The van der Waals surface area contributed by atoms with Crippen molar-refractivity contribution < 1.29 is 0 Å². The Morgan fingerprint density at radius 3 is 2.87 bits per heavy atom. The van der Waals surface area contributed by atoms with Gasteiger partial charge in [-0.3, -0.25) is 4.68 Å². The van der Waals surface area contributed by atoms with Gasteiger partial charge in [-0.25, -0.2) is 9.50 Å². The van der Waals surface area contributed by atoms with Gasteiger partial charge < -0.3 is 4.90 Å². The van der Waals surface area contributed by atoms with Crippen molar-refractivity contribution in [2.24, 2.45) is 0 Å². The molecule has 0 aliphatic carbocycles. The van der Waals surface area contributed by atoms with Gasteiger partial charge in [0.25, 0.3) is 0 Å². The summed E-state index contributed by atoms with van der Waals surface area (Å²) in [5, 5.41) is 10.2. The highest BCUT2D eigenvalue weighted by molar-refractivity contribution is 7.20. The van der Waals surface area contributed by atoms with Crippen LogP contribution in [0.25, 0.3) is 4.96 Å². The lowest BCUT2D eigenvalue weighted by molar-refractivity contribution is 0.375. The minimum absolute atomic E-state index is 0.0594. The van der Waals surface area contributed by atoms with E-state index in [9.17, 15) is 0 Å². The van der Waals surface area contributed by atoms with Crippen LogP contribution in [0.2, 0.25) is 0 Å². The summed E-state index contributed by atoms with van der Waals surface area (Å²) in [5.74, 6) is 0. The molecule has 1 atom stereocenters. The van der Waals surface area contributed by atoms with E-state index in [2.05, 4.69) is 47.8 Å². The van der Waals surface area contributed by atoms with Crippen molar-refractivity contribution in [3.63, 3.8) is 0 Å². The summed E-state index contributed by atoms with van der Waals surface area (Å²) >= 11 is 1.68. The number of anilines is 1. The van der Waals surface area contributed by atoms with E-state index < -0.39 is 0 Å². The first-order valence-corrected chi connectivity index (χ1v) is 8.93. The van der Waals surface area contributed by atoms with Crippen LogP contribution >= 0.6 is 11.3 Å². The lowest BCUT2D eigenvalue weighted by Gasteiger charge is -2.32. The van der Waals surface area contributed by atoms with Gasteiger partial charge in [0.2, 0.25) is 10.1 Å². The van der Waals surface area contributed by atoms with E-state index in [1.165, 1.54) is 12.8 Å². The molecule has 3 aromatic rings. The molecule has 0 bridgehead atoms. The molecule has 1 unspecified atom stereocenters. The van der Waals surface area contributed by atoms with E-state index in [0.29, 0.717) is 6.04 Å². The first-order valence-electron chi connectivity index (χ1n) is 8.11. The standard InChI is InChI=1S/C16H22N6S/c1-16(2,3)13-11-22-14(18-13)23-15(19-22)20-8-4-6-12(10-20)21-9-5-7-17-21/h5,7,9,11-12H,4,6,8,10H2,1-3H3. The Balaban J connectivity index is 1.57. The van der Waals surface area contributed by atoms with E-state index in [1.807, 2.05) is 16.8 Å². The number of hydrogen-bond acceptors (Lipinski definition) is 5. The van der Waals surface area contributed by atoms with Crippen molar-refractivity contribution in [1.29, 1.82) is 0 Å². The fraction of sp³-hybridized carbons (Fsp3) is 0.562. The van der Waals surface area contributed by atoms with Gasteiger partial charge in [-0.15, -0.1) is 5.10 Å². The highest BCUT2D eigenvalue weighted by atomic mass is 32.1. The van der Waals surface area contributed by atoms with E-state index in [1.54, 1.807) is 11.3 Å². The fourth-order valence-corrected chi connectivity index (χ4v) is 3.94. The summed E-state index contributed by atoms with van der Waals surface area (Å²) in [7, 11) is 0. The molecular formula is C16H22N6S. The van der Waals surface area contributed by atoms with Crippen molar-refractivity contribution in [2.75, 3.05) is 18.0 Å². The number of hydrogen-bond donors (Lipinski definition) is 0. The largest absolute Gasteiger partial charge is 0.345 e. The van der Waals surface area contributed by atoms with E-state index in [-0.39, 0.29) is 5.41 Å². The number of nitrogens with zero attached hydrogens (tertiary/aromatic N) is 6. The van der Waals surface area contributed by atoms with Gasteiger partial charge in [-0.05, 0) is 18.9 Å². The zero-order valence-corrected chi connectivity index (χ0v) is 14.6. The average Bonchev–Trinajstić information content (AvgIpc) is 3.22. The van der Waals surface area contributed by atoms with Crippen LogP contribution in [0.4, 0.5) is 5.13 Å². The molecule has 1 aliphatic rings. The Morgan fingerprint density at radius 1 is 1.30 bits per heavy atom. The second kappa shape index (κ2) is 5.33. The average molecular weight is 330 g/mol. The number of piperidine rings is 1. The monoisotopic (exact) mass is 330 g/mol. The third kappa shape index (κ3) is 2.73. The van der Waals surface area contributed by atoms with Crippen LogP contribution in [-0.2, 0) is 5.41 Å². The molecule has 1 fully saturated rings. The highest BCUT2D eigenvalue weighted by Crippen LogP contribution is 2.31. The van der Waals surface area contributed by atoms with E-state index in [0.717, 1.165) is 28.9 Å². The van der Waals surface area contributed by atoms with Gasteiger partial charge in [-0.2, -0.15) is 5.10 Å². The number of aromatic nitrogens is 5. The number of fused-ring (bicyclic) bond motifs is 1. The van der Waals surface area contributed by atoms with Crippen molar-refractivity contribution in [1.82, 2.24) is 24.4 Å². The number of rotatable bonds is 2. The fourth-order valence-electron chi connectivity index (χ4n) is 3.02. The predicted octanol–water partition coefficient (Wildman–Crippen LogP) is 3.13. The Labute approximate surface area is 139 Å². The Morgan fingerprint density at radius 2 is 2.17 bits per heavy atom. The summed E-state index contributed by atoms with van der Waals surface area (Å²) in [6, 6.07) is 2.42. The molecule has 122 valence electrons. The van der Waals surface area contributed by atoms with Gasteiger partial charge in [0.15, 0.2) is 0 Å². The maximum absolute atomic E-state index is 4.76. The molecule has 1 saturated heterocycles. The maximum atomic E-state index is 4.76. The topological polar surface area (TPSA) is 51.2 Å². The molecule has 6 nitrogen and oxygen atoms in total. The second-order valence-corrected chi connectivity index (χ2v) is 8.15. The van der Waals surface area contributed by atoms with E-state index >= 15 is 0 Å². The van der Waals surface area contributed by atoms with Gasteiger partial charge in [0.05, 0.1) is 17.9 Å². The highest BCUT2D eigenvalue weighted by Gasteiger charge is 2.25. The minimum atomic E-state index is 0.0594. The molecule has 4 heterocycles. The summed E-state index contributed by atoms with van der Waals surface area (Å²) in [4.78, 5) is 8.09. The molecule has 3 aromatic heterocycles. The molecule has 0 saturated carbocycles. The summed E-state index contributed by atoms with van der Waals surface area (Å²) < 4.78 is 4.00. The summed E-state index contributed by atoms with van der Waals surface area (Å²) in [6.07, 6.45) is 8.31. The van der Waals surface area contributed by atoms with Crippen LogP contribution in [0.5, 0.6) is 0 Å². The van der Waals surface area contributed by atoms with Crippen LogP contribution in [0.15, 0.2) is 24.7 Å². The minimum Gasteiger partial charge on any atom is -0.345 e. The third-order valence-electron chi connectivity index (χ3n) is 4.37. The van der Waals surface area contributed by atoms with Crippen LogP contribution in [0, 0.1) is 0 Å². The number of imidazole rings is 1.